The summed E-state index contributed by atoms with van der Waals surface area (Å²) in [7, 11) is 0. The van der Waals surface area contributed by atoms with Crippen LogP contribution in [0.2, 0.25) is 0 Å². The third kappa shape index (κ3) is 2.76. The number of hydrogen-bond donors (Lipinski definition) is 1. The first-order chi connectivity index (χ1) is 10.8. The molecule has 5 heteroatoms. The van der Waals surface area contributed by atoms with Crippen molar-refractivity contribution in [1.82, 2.24) is 10.2 Å². The molecule has 0 saturated carbocycles. The molecule has 2 aromatic carbocycles. The summed E-state index contributed by atoms with van der Waals surface area (Å²) in [4.78, 5) is 0. The van der Waals surface area contributed by atoms with Crippen molar-refractivity contribution in [2.75, 3.05) is 5.43 Å². The first-order valence-electron chi connectivity index (χ1n) is 6.79. The van der Waals surface area contributed by atoms with Gasteiger partial charge in [-0.15, -0.1) is 5.10 Å². The lowest BCUT2D eigenvalue weighted by Crippen LogP contribution is -2.02. The number of nitrogens with zero attached hydrogens (tertiary/aromatic N) is 4. The number of anilines is 1. The van der Waals surface area contributed by atoms with Crippen molar-refractivity contribution in [2.24, 2.45) is 5.10 Å². The zero-order chi connectivity index (χ0) is 15.4. The van der Waals surface area contributed by atoms with E-state index in [1.807, 2.05) is 43.3 Å². The largest absolute Gasteiger partial charge is 0.259 e. The van der Waals surface area contributed by atoms with Crippen LogP contribution in [0.3, 0.4) is 0 Å². The number of hydrazone groups is 1. The zero-order valence-electron chi connectivity index (χ0n) is 12.0. The van der Waals surface area contributed by atoms with Crippen molar-refractivity contribution >= 4 is 22.3 Å². The molecule has 22 heavy (non-hydrogen) atoms. The standard InChI is InChI=1S/C17H13N5/c1-12(14-8-6-13(10-18)7-9-14)20-22-17-16-5-3-2-4-15(16)11-19-21-17/h2-9,11H,1H3,(H,21,22)/b20-12-. The number of nitriles is 1. The highest BCUT2D eigenvalue weighted by Gasteiger charge is 2.02. The molecule has 1 heterocycles. The maximum Gasteiger partial charge on any atom is 0.176 e. The van der Waals surface area contributed by atoms with E-state index in [9.17, 15) is 0 Å². The Morgan fingerprint density at radius 2 is 1.91 bits per heavy atom. The van der Waals surface area contributed by atoms with Gasteiger partial charge >= 0.3 is 0 Å². The average molecular weight is 287 g/mol. The third-order valence-corrected chi connectivity index (χ3v) is 3.33. The highest BCUT2D eigenvalue weighted by atomic mass is 15.3. The van der Waals surface area contributed by atoms with E-state index in [1.165, 1.54) is 0 Å². The molecule has 1 aromatic heterocycles. The molecule has 0 atom stereocenters. The predicted octanol–water partition coefficient (Wildman–Crippen LogP) is 3.34. The molecule has 0 fully saturated rings. The maximum absolute atomic E-state index is 8.81. The van der Waals surface area contributed by atoms with Crippen LogP contribution in [0.1, 0.15) is 18.1 Å². The Labute approximate surface area is 127 Å². The minimum absolute atomic E-state index is 0.617. The topological polar surface area (TPSA) is 74.0 Å². The molecule has 0 aliphatic carbocycles. The molecule has 1 N–H and O–H groups in total. The van der Waals surface area contributed by atoms with E-state index < -0.39 is 0 Å². The van der Waals surface area contributed by atoms with Crippen LogP contribution in [0.15, 0.2) is 59.8 Å². The monoisotopic (exact) mass is 287 g/mol. The summed E-state index contributed by atoms with van der Waals surface area (Å²) < 4.78 is 0. The molecule has 106 valence electrons. The molecule has 0 unspecified atom stereocenters. The van der Waals surface area contributed by atoms with Crippen LogP contribution in [0.5, 0.6) is 0 Å². The van der Waals surface area contributed by atoms with Gasteiger partial charge in [0.05, 0.1) is 23.5 Å². The van der Waals surface area contributed by atoms with Gasteiger partial charge in [-0.25, -0.2) is 0 Å². The third-order valence-electron chi connectivity index (χ3n) is 3.33. The van der Waals surface area contributed by atoms with Crippen LogP contribution in [-0.4, -0.2) is 15.9 Å². The van der Waals surface area contributed by atoms with E-state index in [0.29, 0.717) is 11.4 Å². The van der Waals surface area contributed by atoms with Gasteiger partial charge in [0.25, 0.3) is 0 Å². The van der Waals surface area contributed by atoms with Gasteiger partial charge in [-0.05, 0) is 24.6 Å². The number of nitrogens with one attached hydrogen (secondary N) is 1. The molecule has 0 aliphatic heterocycles. The molecule has 0 saturated heterocycles. The number of rotatable bonds is 3. The van der Waals surface area contributed by atoms with Gasteiger partial charge in [-0.1, -0.05) is 36.4 Å². The summed E-state index contributed by atoms with van der Waals surface area (Å²) in [6, 6.07) is 17.2. The molecule has 3 aromatic rings. The average Bonchev–Trinajstić information content (AvgIpc) is 2.59. The maximum atomic E-state index is 8.81. The minimum Gasteiger partial charge on any atom is -0.259 e. The smallest absolute Gasteiger partial charge is 0.176 e. The first-order valence-corrected chi connectivity index (χ1v) is 6.79. The molecule has 3 rings (SSSR count). The SMILES string of the molecule is C/C(=N/Nc1nncc2ccccc12)c1ccc(C#N)cc1. The highest BCUT2D eigenvalue weighted by molar-refractivity contribution is 5.99. The summed E-state index contributed by atoms with van der Waals surface area (Å²) in [6.45, 7) is 1.90. The van der Waals surface area contributed by atoms with Gasteiger partial charge < -0.3 is 0 Å². The van der Waals surface area contributed by atoms with Gasteiger partial charge in [-0.3, -0.25) is 5.43 Å². The Hall–Kier alpha value is -3.26. The molecular weight excluding hydrogens is 274 g/mol. The van der Waals surface area contributed by atoms with Crippen LogP contribution >= 0.6 is 0 Å². The van der Waals surface area contributed by atoms with Gasteiger partial charge in [0.15, 0.2) is 5.82 Å². The van der Waals surface area contributed by atoms with Crippen LogP contribution in [0, 0.1) is 11.3 Å². The van der Waals surface area contributed by atoms with Crippen molar-refractivity contribution < 1.29 is 0 Å². The molecule has 0 bridgehead atoms. The van der Waals surface area contributed by atoms with E-state index in [-0.39, 0.29) is 0 Å². The Balaban J connectivity index is 1.87. The molecule has 5 nitrogen and oxygen atoms in total. The Morgan fingerprint density at radius 3 is 2.68 bits per heavy atom. The van der Waals surface area contributed by atoms with E-state index in [4.69, 9.17) is 5.26 Å². The van der Waals surface area contributed by atoms with Crippen molar-refractivity contribution in [3.8, 4) is 6.07 Å². The van der Waals surface area contributed by atoms with E-state index in [2.05, 4.69) is 26.8 Å². The van der Waals surface area contributed by atoms with Crippen LogP contribution in [0.25, 0.3) is 10.8 Å². The summed E-state index contributed by atoms with van der Waals surface area (Å²) in [5, 5.41) is 23.2. The Kier molecular flexibility index (Phi) is 3.75. The second-order valence-corrected chi connectivity index (χ2v) is 4.78. The molecule has 0 radical (unpaired) electrons. The van der Waals surface area contributed by atoms with Crippen molar-refractivity contribution in [2.45, 2.75) is 6.92 Å². The van der Waals surface area contributed by atoms with Crippen molar-refractivity contribution in [1.29, 1.82) is 5.26 Å². The normalized spacial score (nSPS) is 11.2. The van der Waals surface area contributed by atoms with Crippen LogP contribution < -0.4 is 5.43 Å². The number of fused-ring (bicyclic) bond motifs is 1. The highest BCUT2D eigenvalue weighted by Crippen LogP contribution is 2.19. The lowest BCUT2D eigenvalue weighted by atomic mass is 10.1. The minimum atomic E-state index is 0.617. The summed E-state index contributed by atoms with van der Waals surface area (Å²) in [6.07, 6.45) is 1.72. The molecule has 0 amide bonds. The second kappa shape index (κ2) is 6.02. The van der Waals surface area contributed by atoms with E-state index >= 15 is 0 Å². The lowest BCUT2D eigenvalue weighted by molar-refractivity contribution is 1.04. The molecule has 0 aliphatic rings. The quantitative estimate of drug-likeness (QED) is 0.592. The summed E-state index contributed by atoms with van der Waals surface area (Å²) >= 11 is 0. The van der Waals surface area contributed by atoms with Gasteiger partial charge in [0.2, 0.25) is 0 Å². The predicted molar refractivity (Wildman–Crippen MR) is 86.5 cm³/mol. The Morgan fingerprint density at radius 1 is 1.14 bits per heavy atom. The first kappa shape index (κ1) is 13.7. The molecular formula is C17H13N5. The van der Waals surface area contributed by atoms with Gasteiger partial charge in [0.1, 0.15) is 0 Å². The number of hydrogen-bond acceptors (Lipinski definition) is 5. The van der Waals surface area contributed by atoms with E-state index in [0.717, 1.165) is 22.0 Å². The summed E-state index contributed by atoms with van der Waals surface area (Å²) in [5.74, 6) is 0.617. The number of aromatic nitrogens is 2. The summed E-state index contributed by atoms with van der Waals surface area (Å²) in [5.41, 5.74) is 5.34. The van der Waals surface area contributed by atoms with Gasteiger partial charge in [-0.2, -0.15) is 15.5 Å². The number of benzene rings is 2. The zero-order valence-corrected chi connectivity index (χ0v) is 12.0. The van der Waals surface area contributed by atoms with Crippen molar-refractivity contribution in [3.05, 3.63) is 65.9 Å². The van der Waals surface area contributed by atoms with E-state index in [1.54, 1.807) is 18.3 Å². The van der Waals surface area contributed by atoms with Crippen LogP contribution in [-0.2, 0) is 0 Å². The lowest BCUT2D eigenvalue weighted by Gasteiger charge is -2.05. The fourth-order valence-corrected chi connectivity index (χ4v) is 2.10. The second-order valence-electron chi connectivity index (χ2n) is 4.78. The Bertz CT molecular complexity index is 870. The molecule has 0 spiro atoms. The van der Waals surface area contributed by atoms with Gasteiger partial charge in [0, 0.05) is 10.8 Å². The van der Waals surface area contributed by atoms with Crippen LogP contribution in [0.4, 0.5) is 5.82 Å². The fourth-order valence-electron chi connectivity index (χ4n) is 2.10. The fraction of sp³-hybridized carbons (Fsp3) is 0.0588. The van der Waals surface area contributed by atoms with Crippen molar-refractivity contribution in [3.63, 3.8) is 0 Å².